The topological polar surface area (TPSA) is 72.3 Å². The number of aryl methyl sites for hydroxylation is 1. The van der Waals surface area contributed by atoms with Gasteiger partial charge in [0.25, 0.3) is 0 Å². The van der Waals surface area contributed by atoms with Crippen molar-refractivity contribution in [2.45, 2.75) is 58.3 Å². The minimum absolute atomic E-state index is 0.129. The summed E-state index contributed by atoms with van der Waals surface area (Å²) >= 11 is 1.65. The molecule has 0 fully saturated rings. The van der Waals surface area contributed by atoms with E-state index in [9.17, 15) is 4.79 Å². The molecule has 2 aromatic rings. The van der Waals surface area contributed by atoms with Gasteiger partial charge in [0.15, 0.2) is 0 Å². The lowest BCUT2D eigenvalue weighted by molar-refractivity contribution is -0.137. The molecule has 0 unspecified atom stereocenters. The summed E-state index contributed by atoms with van der Waals surface area (Å²) < 4.78 is 5.54. The summed E-state index contributed by atoms with van der Waals surface area (Å²) in [4.78, 5) is 10.5. The Balaban J connectivity index is 1.78. The fourth-order valence-electron chi connectivity index (χ4n) is 2.46. The molecule has 1 aromatic heterocycles. The third kappa shape index (κ3) is 7.22. The lowest BCUT2D eigenvalue weighted by Crippen LogP contribution is -2.01. The van der Waals surface area contributed by atoms with Crippen LogP contribution in [0.5, 0.6) is 5.75 Å². The molecule has 6 heteroatoms. The van der Waals surface area contributed by atoms with Gasteiger partial charge in [0.05, 0.1) is 6.61 Å². The van der Waals surface area contributed by atoms with Gasteiger partial charge in [-0.15, -0.1) is 10.2 Å². The Morgan fingerprint density at radius 2 is 1.84 bits per heavy atom. The molecular formula is C19H26N2O3S. The Morgan fingerprint density at radius 3 is 2.56 bits per heavy atom. The normalized spacial score (nSPS) is 10.8. The summed E-state index contributed by atoms with van der Waals surface area (Å²) in [6.45, 7) is 2.63. The molecule has 0 saturated heterocycles. The van der Waals surface area contributed by atoms with Gasteiger partial charge < -0.3 is 9.84 Å². The molecule has 5 nitrogen and oxygen atoms in total. The second-order valence-corrected chi connectivity index (χ2v) is 7.10. The van der Waals surface area contributed by atoms with Crippen LogP contribution in [-0.2, 0) is 11.2 Å². The number of carbonyl (C=O) groups is 1. The number of aliphatic carboxylic acids is 1. The average Bonchev–Trinajstić information content (AvgIpc) is 3.08. The fraction of sp³-hybridized carbons (Fsp3) is 0.526. The molecule has 1 heterocycles. The highest BCUT2D eigenvalue weighted by Crippen LogP contribution is 2.26. The zero-order valence-corrected chi connectivity index (χ0v) is 15.6. The summed E-state index contributed by atoms with van der Waals surface area (Å²) in [7, 11) is 0. The molecule has 0 bridgehead atoms. The average molecular weight is 362 g/mol. The first-order valence-electron chi connectivity index (χ1n) is 8.96. The number of nitrogens with zero attached hydrogens (tertiary/aromatic N) is 2. The predicted molar refractivity (Wildman–Crippen MR) is 100 cm³/mol. The van der Waals surface area contributed by atoms with Gasteiger partial charge in [-0.25, -0.2) is 0 Å². The van der Waals surface area contributed by atoms with E-state index in [1.165, 1.54) is 32.1 Å². The van der Waals surface area contributed by atoms with Crippen LogP contribution >= 0.6 is 11.3 Å². The summed E-state index contributed by atoms with van der Waals surface area (Å²) in [5.41, 5.74) is 1.03. The molecule has 0 aliphatic rings. The predicted octanol–water partition coefficient (Wildman–Crippen LogP) is 4.96. The van der Waals surface area contributed by atoms with Crippen LogP contribution in [0.3, 0.4) is 0 Å². The lowest BCUT2D eigenvalue weighted by Gasteiger charge is -2.05. The van der Waals surface area contributed by atoms with Crippen LogP contribution in [-0.4, -0.2) is 27.9 Å². The van der Waals surface area contributed by atoms with Crippen molar-refractivity contribution in [2.75, 3.05) is 6.61 Å². The number of carboxylic acids is 1. The Bertz CT molecular complexity index is 640. The third-order valence-electron chi connectivity index (χ3n) is 3.87. The molecule has 0 aliphatic carbocycles. The van der Waals surface area contributed by atoms with Gasteiger partial charge in [0.1, 0.15) is 15.8 Å². The Labute approximate surface area is 153 Å². The van der Waals surface area contributed by atoms with Crippen LogP contribution in [0.2, 0.25) is 0 Å². The first-order valence-corrected chi connectivity index (χ1v) is 9.78. The first-order chi connectivity index (χ1) is 12.2. The molecule has 2 rings (SSSR count). The number of carboxylic acid groups (broad SMARTS) is 1. The van der Waals surface area contributed by atoms with Gasteiger partial charge in [-0.2, -0.15) is 0 Å². The number of aromatic nitrogens is 2. The molecule has 0 atom stereocenters. The van der Waals surface area contributed by atoms with Crippen molar-refractivity contribution >= 4 is 17.3 Å². The molecule has 0 saturated carbocycles. The van der Waals surface area contributed by atoms with E-state index in [1.54, 1.807) is 11.3 Å². The van der Waals surface area contributed by atoms with E-state index in [0.717, 1.165) is 27.7 Å². The van der Waals surface area contributed by atoms with E-state index in [-0.39, 0.29) is 6.42 Å². The molecule has 0 amide bonds. The fourth-order valence-corrected chi connectivity index (χ4v) is 3.35. The number of hydrogen-bond donors (Lipinski definition) is 1. The maximum Gasteiger partial charge on any atom is 0.303 e. The Morgan fingerprint density at radius 1 is 1.08 bits per heavy atom. The van der Waals surface area contributed by atoms with Crippen LogP contribution in [0.15, 0.2) is 24.3 Å². The van der Waals surface area contributed by atoms with Crippen LogP contribution in [0.1, 0.15) is 56.9 Å². The van der Waals surface area contributed by atoms with Gasteiger partial charge in [0, 0.05) is 18.4 Å². The van der Waals surface area contributed by atoms with Crippen molar-refractivity contribution in [2.24, 2.45) is 0 Å². The summed E-state index contributed by atoms with van der Waals surface area (Å²) in [5, 5.41) is 19.2. The smallest absolute Gasteiger partial charge is 0.303 e. The third-order valence-corrected chi connectivity index (χ3v) is 4.90. The van der Waals surface area contributed by atoms with Gasteiger partial charge in [-0.3, -0.25) is 4.79 Å². The van der Waals surface area contributed by atoms with Gasteiger partial charge in [-0.05, 0) is 37.1 Å². The first kappa shape index (κ1) is 19.4. The van der Waals surface area contributed by atoms with Crippen LogP contribution in [0.4, 0.5) is 0 Å². The molecule has 0 radical (unpaired) electrons. The molecule has 25 heavy (non-hydrogen) atoms. The van der Waals surface area contributed by atoms with E-state index in [0.29, 0.717) is 13.0 Å². The largest absolute Gasteiger partial charge is 0.494 e. The molecular weight excluding hydrogens is 336 g/mol. The van der Waals surface area contributed by atoms with Crippen LogP contribution in [0, 0.1) is 0 Å². The van der Waals surface area contributed by atoms with Crippen molar-refractivity contribution in [3.05, 3.63) is 29.3 Å². The van der Waals surface area contributed by atoms with Crippen molar-refractivity contribution in [3.8, 4) is 16.3 Å². The maximum absolute atomic E-state index is 10.5. The Hall–Kier alpha value is -1.95. The Kier molecular flexibility index (Phi) is 8.39. The lowest BCUT2D eigenvalue weighted by atomic mass is 10.1. The number of benzene rings is 1. The quantitative estimate of drug-likeness (QED) is 0.540. The summed E-state index contributed by atoms with van der Waals surface area (Å²) in [6.07, 6.45) is 7.96. The van der Waals surface area contributed by atoms with E-state index in [4.69, 9.17) is 9.84 Å². The highest BCUT2D eigenvalue weighted by molar-refractivity contribution is 7.14. The number of ether oxygens (including phenoxy) is 1. The van der Waals surface area contributed by atoms with E-state index >= 15 is 0 Å². The summed E-state index contributed by atoms with van der Waals surface area (Å²) in [6, 6.07) is 7.72. The summed E-state index contributed by atoms with van der Waals surface area (Å²) in [5.74, 6) is -0.0498. The van der Waals surface area contributed by atoms with E-state index in [1.807, 2.05) is 24.3 Å². The minimum Gasteiger partial charge on any atom is -0.494 e. The van der Waals surface area contributed by atoms with Crippen molar-refractivity contribution in [1.29, 1.82) is 0 Å². The van der Waals surface area contributed by atoms with Crippen molar-refractivity contribution in [1.82, 2.24) is 10.2 Å². The molecule has 0 aliphatic heterocycles. The van der Waals surface area contributed by atoms with Gasteiger partial charge in [0.2, 0.25) is 0 Å². The highest BCUT2D eigenvalue weighted by atomic mass is 32.1. The van der Waals surface area contributed by atoms with Crippen molar-refractivity contribution < 1.29 is 14.6 Å². The van der Waals surface area contributed by atoms with Gasteiger partial charge >= 0.3 is 5.97 Å². The second-order valence-electron chi connectivity index (χ2n) is 6.04. The molecule has 136 valence electrons. The SMILES string of the molecule is CCCCCCCc1nnc(-c2ccc(OCCCC(=O)O)cc2)s1. The zero-order chi connectivity index (χ0) is 17.9. The minimum atomic E-state index is -0.795. The van der Waals surface area contributed by atoms with E-state index in [2.05, 4.69) is 17.1 Å². The number of hydrogen-bond acceptors (Lipinski definition) is 5. The standard InChI is InChI=1S/C19H26N2O3S/c1-2-3-4-5-6-8-17-20-21-19(25-17)15-10-12-16(13-11-15)24-14-7-9-18(22)23/h10-13H,2-9,14H2,1H3,(H,22,23). The zero-order valence-electron chi connectivity index (χ0n) is 14.7. The highest BCUT2D eigenvalue weighted by Gasteiger charge is 2.07. The molecule has 1 aromatic carbocycles. The van der Waals surface area contributed by atoms with Crippen LogP contribution < -0.4 is 4.74 Å². The second kappa shape index (κ2) is 10.8. The van der Waals surface area contributed by atoms with Crippen LogP contribution in [0.25, 0.3) is 10.6 Å². The van der Waals surface area contributed by atoms with Gasteiger partial charge in [-0.1, -0.05) is 43.9 Å². The number of rotatable bonds is 12. The molecule has 0 spiro atoms. The maximum atomic E-state index is 10.5. The monoisotopic (exact) mass is 362 g/mol. The molecule has 1 N–H and O–H groups in total. The van der Waals surface area contributed by atoms with E-state index < -0.39 is 5.97 Å². The number of unbranched alkanes of at least 4 members (excludes halogenated alkanes) is 4. The van der Waals surface area contributed by atoms with Crippen molar-refractivity contribution in [3.63, 3.8) is 0 Å².